The van der Waals surface area contributed by atoms with Crippen molar-refractivity contribution in [1.82, 2.24) is 10.2 Å². The highest BCUT2D eigenvalue weighted by Crippen LogP contribution is 2.30. The molecule has 106 valence electrons. The minimum absolute atomic E-state index is 0.417. The molecule has 2 fully saturated rings. The third-order valence-electron chi connectivity index (χ3n) is 3.78. The molecule has 0 spiro atoms. The van der Waals surface area contributed by atoms with E-state index in [1.54, 1.807) is 0 Å². The van der Waals surface area contributed by atoms with E-state index in [1.807, 2.05) is 0 Å². The van der Waals surface area contributed by atoms with Crippen LogP contribution >= 0.6 is 11.8 Å². The molecule has 2 aliphatic heterocycles. The van der Waals surface area contributed by atoms with E-state index in [9.17, 15) is 0 Å². The smallest absolute Gasteiger partial charge is 0.0707 e. The molecular formula is C14H28N2OS. The average Bonchev–Trinajstić information content (AvgIpc) is 2.73. The van der Waals surface area contributed by atoms with Crippen molar-refractivity contribution in [2.24, 2.45) is 0 Å². The maximum Gasteiger partial charge on any atom is 0.0707 e. The maximum atomic E-state index is 6.12. The quantitative estimate of drug-likeness (QED) is 0.827. The number of thioether (sulfide) groups is 1. The van der Waals surface area contributed by atoms with Crippen molar-refractivity contribution in [3.8, 4) is 0 Å². The lowest BCUT2D eigenvalue weighted by Crippen LogP contribution is -2.46. The fourth-order valence-electron chi connectivity index (χ4n) is 2.93. The molecule has 2 unspecified atom stereocenters. The van der Waals surface area contributed by atoms with Crippen LogP contribution < -0.4 is 5.32 Å². The summed E-state index contributed by atoms with van der Waals surface area (Å²) in [5, 5.41) is 3.39. The van der Waals surface area contributed by atoms with Gasteiger partial charge in [-0.05, 0) is 33.2 Å². The average molecular weight is 272 g/mol. The molecule has 0 amide bonds. The topological polar surface area (TPSA) is 24.5 Å². The summed E-state index contributed by atoms with van der Waals surface area (Å²) < 4.78 is 6.54. The number of rotatable bonds is 5. The summed E-state index contributed by atoms with van der Waals surface area (Å²) in [5.41, 5.74) is 0. The first kappa shape index (κ1) is 14.6. The van der Waals surface area contributed by atoms with Crippen molar-refractivity contribution in [1.29, 1.82) is 0 Å². The molecule has 2 rings (SSSR count). The predicted molar refractivity (Wildman–Crippen MR) is 79.4 cm³/mol. The molecule has 3 nitrogen and oxygen atoms in total. The van der Waals surface area contributed by atoms with E-state index in [-0.39, 0.29) is 0 Å². The molecule has 0 aromatic heterocycles. The molecule has 0 saturated carbocycles. The van der Waals surface area contributed by atoms with Crippen LogP contribution in [0.5, 0.6) is 0 Å². The zero-order chi connectivity index (χ0) is 13.0. The van der Waals surface area contributed by atoms with Crippen LogP contribution in [0.3, 0.4) is 0 Å². The second-order valence-corrected chi connectivity index (χ2v) is 7.91. The van der Waals surface area contributed by atoms with Gasteiger partial charge in [-0.2, -0.15) is 11.8 Å². The number of hydrogen-bond donors (Lipinski definition) is 1. The van der Waals surface area contributed by atoms with Crippen LogP contribution in [-0.4, -0.2) is 60.3 Å². The first-order chi connectivity index (χ1) is 8.59. The summed E-state index contributed by atoms with van der Waals surface area (Å²) >= 11 is 2.10. The first-order valence-corrected chi connectivity index (χ1v) is 8.30. The van der Waals surface area contributed by atoms with Gasteiger partial charge in [0.1, 0.15) is 0 Å². The second-order valence-electron chi connectivity index (χ2n) is 6.11. The van der Waals surface area contributed by atoms with Crippen molar-refractivity contribution in [2.45, 2.75) is 50.6 Å². The predicted octanol–water partition coefficient (Wildman–Crippen LogP) is 1.97. The van der Waals surface area contributed by atoms with Gasteiger partial charge >= 0.3 is 0 Å². The highest BCUT2D eigenvalue weighted by atomic mass is 32.2. The lowest BCUT2D eigenvalue weighted by Gasteiger charge is -2.38. The van der Waals surface area contributed by atoms with Crippen LogP contribution in [-0.2, 0) is 4.74 Å². The van der Waals surface area contributed by atoms with Gasteiger partial charge in [0.05, 0.1) is 12.2 Å². The molecule has 2 heterocycles. The molecule has 0 bridgehead atoms. The Labute approximate surface area is 116 Å². The van der Waals surface area contributed by atoms with E-state index >= 15 is 0 Å². The molecule has 2 aliphatic rings. The van der Waals surface area contributed by atoms with Crippen molar-refractivity contribution < 1.29 is 4.74 Å². The molecule has 0 aromatic rings. The lowest BCUT2D eigenvalue weighted by molar-refractivity contribution is 0.0228. The van der Waals surface area contributed by atoms with Crippen LogP contribution in [0.1, 0.15) is 33.6 Å². The van der Waals surface area contributed by atoms with E-state index in [4.69, 9.17) is 4.74 Å². The van der Waals surface area contributed by atoms with Gasteiger partial charge in [0.25, 0.3) is 0 Å². The second kappa shape index (κ2) is 6.60. The van der Waals surface area contributed by atoms with Crippen LogP contribution in [0.2, 0.25) is 0 Å². The summed E-state index contributed by atoms with van der Waals surface area (Å²) in [6, 6.07) is 0. The van der Waals surface area contributed by atoms with E-state index in [0.29, 0.717) is 17.0 Å². The Kier molecular flexibility index (Phi) is 5.36. The van der Waals surface area contributed by atoms with E-state index in [1.165, 1.54) is 31.7 Å². The zero-order valence-electron chi connectivity index (χ0n) is 12.1. The minimum Gasteiger partial charge on any atom is -0.372 e. The Balaban J connectivity index is 1.71. The third-order valence-corrected chi connectivity index (χ3v) is 5.08. The lowest BCUT2D eigenvalue weighted by atomic mass is 10.1. The molecule has 2 saturated heterocycles. The van der Waals surface area contributed by atoms with Crippen molar-refractivity contribution in [3.05, 3.63) is 0 Å². The van der Waals surface area contributed by atoms with Gasteiger partial charge in [-0.25, -0.2) is 0 Å². The van der Waals surface area contributed by atoms with Gasteiger partial charge < -0.3 is 10.1 Å². The fraction of sp³-hybridized carbons (Fsp3) is 1.00. The molecule has 2 atom stereocenters. The molecule has 4 heteroatoms. The van der Waals surface area contributed by atoms with Crippen molar-refractivity contribution in [2.75, 3.05) is 38.5 Å². The summed E-state index contributed by atoms with van der Waals surface area (Å²) in [4.78, 5) is 2.59. The maximum absolute atomic E-state index is 6.12. The molecule has 0 aromatic carbocycles. The zero-order valence-corrected chi connectivity index (χ0v) is 12.9. The third kappa shape index (κ3) is 4.41. The van der Waals surface area contributed by atoms with Crippen LogP contribution in [0, 0.1) is 0 Å². The first-order valence-electron chi connectivity index (χ1n) is 7.31. The number of ether oxygens (including phenoxy) is 1. The van der Waals surface area contributed by atoms with E-state index in [0.717, 1.165) is 19.6 Å². The molecule has 1 N–H and O–H groups in total. The van der Waals surface area contributed by atoms with E-state index in [2.05, 4.69) is 42.7 Å². The highest BCUT2D eigenvalue weighted by molar-refractivity contribution is 8.00. The van der Waals surface area contributed by atoms with E-state index < -0.39 is 0 Å². The number of nitrogens with one attached hydrogen (secondary N) is 1. The summed E-state index contributed by atoms with van der Waals surface area (Å²) in [5.74, 6) is 1.26. The molecular weight excluding hydrogens is 244 g/mol. The Morgan fingerprint density at radius 2 is 2.11 bits per heavy atom. The van der Waals surface area contributed by atoms with Crippen molar-refractivity contribution >= 4 is 11.8 Å². The molecule has 18 heavy (non-hydrogen) atoms. The highest BCUT2D eigenvalue weighted by Gasteiger charge is 2.31. The van der Waals surface area contributed by atoms with Gasteiger partial charge in [0, 0.05) is 36.7 Å². The van der Waals surface area contributed by atoms with Gasteiger partial charge in [0.2, 0.25) is 0 Å². The fourth-order valence-corrected chi connectivity index (χ4v) is 4.10. The minimum atomic E-state index is 0.417. The Bertz CT molecular complexity index is 260. The monoisotopic (exact) mass is 272 g/mol. The Morgan fingerprint density at radius 3 is 2.83 bits per heavy atom. The Morgan fingerprint density at radius 1 is 1.33 bits per heavy atom. The van der Waals surface area contributed by atoms with Gasteiger partial charge in [-0.1, -0.05) is 6.92 Å². The van der Waals surface area contributed by atoms with Crippen LogP contribution in [0.4, 0.5) is 0 Å². The summed E-state index contributed by atoms with van der Waals surface area (Å²) in [7, 11) is 0. The number of likely N-dealkylation sites (N-methyl/N-ethyl adjacent to an activating group) is 1. The SMILES string of the molecule is CCNCC1CCC(CN2CCSC(C)(C)C2)O1. The number of hydrogen-bond acceptors (Lipinski definition) is 4. The van der Waals surface area contributed by atoms with Crippen LogP contribution in [0.15, 0.2) is 0 Å². The standard InChI is InChI=1S/C14H28N2OS/c1-4-15-9-12-5-6-13(17-12)10-16-7-8-18-14(2,3)11-16/h12-13,15H,4-11H2,1-3H3. The number of nitrogens with zero attached hydrogens (tertiary/aromatic N) is 1. The van der Waals surface area contributed by atoms with Crippen molar-refractivity contribution in [3.63, 3.8) is 0 Å². The van der Waals surface area contributed by atoms with Crippen LogP contribution in [0.25, 0.3) is 0 Å². The molecule has 0 radical (unpaired) electrons. The molecule has 0 aliphatic carbocycles. The van der Waals surface area contributed by atoms with Gasteiger partial charge in [-0.15, -0.1) is 0 Å². The van der Waals surface area contributed by atoms with Gasteiger partial charge in [-0.3, -0.25) is 4.90 Å². The normalized spacial score (nSPS) is 32.8. The summed E-state index contributed by atoms with van der Waals surface area (Å²) in [6.45, 7) is 12.5. The Hall–Kier alpha value is 0.230. The largest absolute Gasteiger partial charge is 0.372 e. The summed E-state index contributed by atoms with van der Waals surface area (Å²) in [6.07, 6.45) is 3.37. The van der Waals surface area contributed by atoms with Gasteiger partial charge in [0.15, 0.2) is 0 Å².